The summed E-state index contributed by atoms with van der Waals surface area (Å²) >= 11 is 0. The van der Waals surface area contributed by atoms with Gasteiger partial charge < -0.3 is 0 Å². The first kappa shape index (κ1) is 12.6. The van der Waals surface area contributed by atoms with Crippen LogP contribution in [0.2, 0.25) is 0 Å². The lowest BCUT2D eigenvalue weighted by molar-refractivity contribution is -0.385. The second kappa shape index (κ2) is 5.05. The predicted octanol–water partition coefficient (Wildman–Crippen LogP) is 3.63. The fraction of sp³-hybridized carbons (Fsp3) is 0.417. The lowest BCUT2D eigenvalue weighted by Crippen LogP contribution is -2.02. The number of nitro groups is 1. The van der Waals surface area contributed by atoms with E-state index in [1.54, 1.807) is 19.1 Å². The van der Waals surface area contributed by atoms with Gasteiger partial charge in [-0.15, -0.1) is 0 Å². The van der Waals surface area contributed by atoms with Crippen LogP contribution < -0.4 is 0 Å². The van der Waals surface area contributed by atoms with Crippen LogP contribution in [0.1, 0.15) is 37.8 Å². The number of hydrogen-bond acceptors (Lipinski definition) is 2. The zero-order valence-electron chi connectivity index (χ0n) is 9.66. The van der Waals surface area contributed by atoms with Crippen LogP contribution in [0.5, 0.6) is 0 Å². The summed E-state index contributed by atoms with van der Waals surface area (Å²) in [6.07, 6.45) is 0. The Morgan fingerprint density at radius 3 is 2.56 bits per heavy atom. The molecule has 1 radical (unpaired) electrons. The van der Waals surface area contributed by atoms with Crippen molar-refractivity contribution in [2.24, 2.45) is 0 Å². The van der Waals surface area contributed by atoms with Crippen molar-refractivity contribution < 1.29 is 9.31 Å². The lowest BCUT2D eigenvalue weighted by Gasteiger charge is -2.10. The minimum atomic E-state index is -0.585. The van der Waals surface area contributed by atoms with Crippen LogP contribution >= 0.6 is 0 Å². The van der Waals surface area contributed by atoms with Crippen molar-refractivity contribution in [1.82, 2.24) is 0 Å². The van der Waals surface area contributed by atoms with Crippen molar-refractivity contribution in [1.29, 1.82) is 0 Å². The molecule has 0 fully saturated rings. The number of alkyl halides is 1. The predicted molar refractivity (Wildman–Crippen MR) is 61.2 cm³/mol. The monoisotopic (exact) mass is 224 g/mol. The van der Waals surface area contributed by atoms with Crippen molar-refractivity contribution in [3.63, 3.8) is 0 Å². The van der Waals surface area contributed by atoms with E-state index in [-0.39, 0.29) is 11.6 Å². The lowest BCUT2D eigenvalue weighted by atomic mass is 9.95. The molecule has 0 aliphatic rings. The second-order valence-corrected chi connectivity index (χ2v) is 4.10. The van der Waals surface area contributed by atoms with Crippen LogP contribution in [0, 0.1) is 16.0 Å². The summed E-state index contributed by atoms with van der Waals surface area (Å²) in [6, 6.07) is 4.89. The number of nitro benzene ring substituents is 1. The molecule has 0 atom stereocenters. The van der Waals surface area contributed by atoms with Crippen LogP contribution in [0.15, 0.2) is 18.2 Å². The molecule has 87 valence electrons. The Hall–Kier alpha value is -1.45. The van der Waals surface area contributed by atoms with Gasteiger partial charge in [0.15, 0.2) is 0 Å². The third kappa shape index (κ3) is 2.56. The first-order valence-corrected chi connectivity index (χ1v) is 5.14. The zero-order valence-corrected chi connectivity index (χ0v) is 9.66. The first-order valence-electron chi connectivity index (χ1n) is 5.14. The van der Waals surface area contributed by atoms with Gasteiger partial charge >= 0.3 is 0 Å². The molecule has 16 heavy (non-hydrogen) atoms. The number of rotatable bonds is 4. The molecule has 1 rings (SSSR count). The smallest absolute Gasteiger partial charge is 0.258 e. The maximum atomic E-state index is 12.5. The minimum absolute atomic E-state index is 0.0697. The molecule has 0 N–H and O–H groups in total. The number of benzene rings is 1. The van der Waals surface area contributed by atoms with Gasteiger partial charge in [0.2, 0.25) is 0 Å². The zero-order chi connectivity index (χ0) is 12.3. The summed E-state index contributed by atoms with van der Waals surface area (Å²) in [5.41, 5.74) is 1.35. The standard InChI is InChI=1S/C12H15FNO2/c1-8(2)11-5-4-10(9(3)7-13)6-12(11)14(15)16/h4-6,8H,7H2,1-3H3. The SMILES string of the molecule is C[C](CF)c1ccc(C(C)C)c([N+](=O)[O-])c1. The Kier molecular flexibility index (Phi) is 3.99. The Morgan fingerprint density at radius 2 is 2.12 bits per heavy atom. The van der Waals surface area contributed by atoms with Crippen molar-refractivity contribution in [2.45, 2.75) is 26.7 Å². The summed E-state index contributed by atoms with van der Waals surface area (Å²) in [7, 11) is 0. The normalized spacial score (nSPS) is 11.1. The van der Waals surface area contributed by atoms with Gasteiger partial charge in [-0.3, -0.25) is 14.5 Å². The molecule has 4 heteroatoms. The maximum Gasteiger partial charge on any atom is 0.273 e. The molecule has 0 unspecified atom stereocenters. The third-order valence-corrected chi connectivity index (χ3v) is 2.54. The highest BCUT2D eigenvalue weighted by molar-refractivity contribution is 5.48. The first-order chi connectivity index (χ1) is 7.47. The molecule has 0 heterocycles. The van der Waals surface area contributed by atoms with E-state index in [1.807, 2.05) is 13.8 Å². The van der Waals surface area contributed by atoms with Crippen LogP contribution in [-0.4, -0.2) is 11.6 Å². The molecule has 0 aliphatic carbocycles. The molecule has 0 saturated carbocycles. The molecule has 0 aliphatic heterocycles. The van der Waals surface area contributed by atoms with Crippen molar-refractivity contribution in [3.05, 3.63) is 45.4 Å². The van der Waals surface area contributed by atoms with E-state index in [1.165, 1.54) is 6.07 Å². The summed E-state index contributed by atoms with van der Waals surface area (Å²) in [5, 5.41) is 10.9. The van der Waals surface area contributed by atoms with E-state index in [2.05, 4.69) is 0 Å². The van der Waals surface area contributed by atoms with Crippen LogP contribution in [-0.2, 0) is 0 Å². The number of hydrogen-bond donors (Lipinski definition) is 0. The van der Waals surface area contributed by atoms with Crippen LogP contribution in [0.4, 0.5) is 10.1 Å². The molecule has 0 bridgehead atoms. The van der Waals surface area contributed by atoms with Crippen molar-refractivity contribution >= 4 is 5.69 Å². The van der Waals surface area contributed by atoms with Gasteiger partial charge in [0, 0.05) is 17.5 Å². The van der Waals surface area contributed by atoms with Crippen molar-refractivity contribution in [2.75, 3.05) is 6.67 Å². The number of nitrogens with zero attached hydrogens (tertiary/aromatic N) is 1. The fourth-order valence-corrected chi connectivity index (χ4v) is 1.53. The topological polar surface area (TPSA) is 43.1 Å². The molecule has 0 saturated heterocycles. The van der Waals surface area contributed by atoms with Gasteiger partial charge in [-0.1, -0.05) is 32.9 Å². The van der Waals surface area contributed by atoms with E-state index >= 15 is 0 Å². The van der Waals surface area contributed by atoms with E-state index in [4.69, 9.17) is 0 Å². The molecule has 0 spiro atoms. The molecular formula is C12H15FNO2. The quantitative estimate of drug-likeness (QED) is 0.579. The number of halogens is 1. The van der Waals surface area contributed by atoms with Gasteiger partial charge in [-0.25, -0.2) is 0 Å². The van der Waals surface area contributed by atoms with Gasteiger partial charge in [-0.05, 0) is 11.5 Å². The Labute approximate surface area is 94.4 Å². The Bertz CT molecular complexity index is 391. The van der Waals surface area contributed by atoms with E-state index in [9.17, 15) is 14.5 Å². The highest BCUT2D eigenvalue weighted by Gasteiger charge is 2.18. The molecule has 1 aromatic carbocycles. The van der Waals surface area contributed by atoms with Gasteiger partial charge in [0.25, 0.3) is 5.69 Å². The molecule has 3 nitrogen and oxygen atoms in total. The average Bonchev–Trinajstić information content (AvgIpc) is 2.26. The highest BCUT2D eigenvalue weighted by atomic mass is 19.1. The minimum Gasteiger partial charge on any atom is -0.258 e. The summed E-state index contributed by atoms with van der Waals surface area (Å²) in [4.78, 5) is 10.5. The van der Waals surface area contributed by atoms with E-state index in [0.29, 0.717) is 17.0 Å². The Balaban J connectivity index is 3.23. The van der Waals surface area contributed by atoms with Crippen LogP contribution in [0.25, 0.3) is 0 Å². The van der Waals surface area contributed by atoms with Crippen LogP contribution in [0.3, 0.4) is 0 Å². The van der Waals surface area contributed by atoms with Gasteiger partial charge in [-0.2, -0.15) is 0 Å². The second-order valence-electron chi connectivity index (χ2n) is 4.10. The van der Waals surface area contributed by atoms with Crippen molar-refractivity contribution in [3.8, 4) is 0 Å². The van der Waals surface area contributed by atoms with Gasteiger partial charge in [0.05, 0.1) is 11.6 Å². The maximum absolute atomic E-state index is 12.5. The average molecular weight is 224 g/mol. The van der Waals surface area contributed by atoms with E-state index < -0.39 is 11.6 Å². The third-order valence-electron chi connectivity index (χ3n) is 2.54. The summed E-state index contributed by atoms with van der Waals surface area (Å²) < 4.78 is 12.5. The summed E-state index contributed by atoms with van der Waals surface area (Å²) in [5.74, 6) is 0.596. The molecule has 1 aromatic rings. The Morgan fingerprint density at radius 1 is 1.50 bits per heavy atom. The molecule has 0 aromatic heterocycles. The van der Waals surface area contributed by atoms with E-state index in [0.717, 1.165) is 0 Å². The fourth-order valence-electron chi connectivity index (χ4n) is 1.53. The highest BCUT2D eigenvalue weighted by Crippen LogP contribution is 2.29. The molecular weight excluding hydrogens is 209 g/mol. The van der Waals surface area contributed by atoms with Gasteiger partial charge in [0.1, 0.15) is 0 Å². The largest absolute Gasteiger partial charge is 0.273 e. The summed E-state index contributed by atoms with van der Waals surface area (Å²) in [6.45, 7) is 4.84. The molecule has 0 amide bonds.